The molecule has 0 aliphatic heterocycles. The van der Waals surface area contributed by atoms with Crippen LogP contribution in [0.5, 0.6) is 0 Å². The molecular formula is C16H16N2O2S. The molecule has 0 heterocycles. The van der Waals surface area contributed by atoms with E-state index in [1.165, 1.54) is 6.26 Å². The smallest absolute Gasteiger partial charge is 0.175 e. The molecule has 2 rings (SSSR count). The van der Waals surface area contributed by atoms with Crippen molar-refractivity contribution < 1.29 is 8.42 Å². The zero-order valence-corrected chi connectivity index (χ0v) is 12.7. The maximum atomic E-state index is 11.4. The Balaban J connectivity index is 2.17. The Hall–Kier alpha value is -2.32. The zero-order valence-electron chi connectivity index (χ0n) is 11.9. The van der Waals surface area contributed by atoms with Crippen LogP contribution in [0.4, 0.5) is 5.69 Å². The predicted octanol–water partition coefficient (Wildman–Crippen LogP) is 3.13. The van der Waals surface area contributed by atoms with E-state index < -0.39 is 9.84 Å². The molecule has 4 nitrogen and oxygen atoms in total. The van der Waals surface area contributed by atoms with Gasteiger partial charge in [-0.1, -0.05) is 18.2 Å². The fourth-order valence-electron chi connectivity index (χ4n) is 2.02. The van der Waals surface area contributed by atoms with E-state index in [-0.39, 0.29) is 6.04 Å². The van der Waals surface area contributed by atoms with Crippen LogP contribution in [0.2, 0.25) is 0 Å². The van der Waals surface area contributed by atoms with Crippen LogP contribution in [0.15, 0.2) is 53.4 Å². The van der Waals surface area contributed by atoms with Crippen molar-refractivity contribution >= 4 is 15.5 Å². The van der Waals surface area contributed by atoms with Crippen molar-refractivity contribution in [2.45, 2.75) is 17.9 Å². The first kappa shape index (κ1) is 15.1. The SMILES string of the molecule is CC(Nc1cccc(C#N)c1)c1ccc(S(C)(=O)=O)cc1. The van der Waals surface area contributed by atoms with Gasteiger partial charge in [-0.2, -0.15) is 5.26 Å². The van der Waals surface area contributed by atoms with Crippen molar-refractivity contribution in [3.63, 3.8) is 0 Å². The van der Waals surface area contributed by atoms with Crippen LogP contribution in [0.3, 0.4) is 0 Å². The van der Waals surface area contributed by atoms with Gasteiger partial charge in [0, 0.05) is 18.0 Å². The molecule has 0 aliphatic carbocycles. The number of benzene rings is 2. The molecule has 2 aromatic carbocycles. The molecular weight excluding hydrogens is 284 g/mol. The second kappa shape index (κ2) is 5.98. The zero-order chi connectivity index (χ0) is 15.5. The van der Waals surface area contributed by atoms with E-state index in [0.717, 1.165) is 11.3 Å². The Morgan fingerprint density at radius 2 is 1.81 bits per heavy atom. The van der Waals surface area contributed by atoms with E-state index in [1.807, 2.05) is 19.1 Å². The molecule has 0 saturated heterocycles. The summed E-state index contributed by atoms with van der Waals surface area (Å²) < 4.78 is 22.9. The number of hydrogen-bond acceptors (Lipinski definition) is 4. The molecule has 2 aromatic rings. The molecule has 0 aromatic heterocycles. The fourth-order valence-corrected chi connectivity index (χ4v) is 2.65. The number of rotatable bonds is 4. The monoisotopic (exact) mass is 300 g/mol. The molecule has 0 aliphatic rings. The maximum Gasteiger partial charge on any atom is 0.175 e. The number of nitrogens with one attached hydrogen (secondary N) is 1. The van der Waals surface area contributed by atoms with E-state index in [9.17, 15) is 8.42 Å². The van der Waals surface area contributed by atoms with E-state index >= 15 is 0 Å². The minimum atomic E-state index is -3.17. The lowest BCUT2D eigenvalue weighted by molar-refractivity contribution is 0.602. The molecule has 0 fully saturated rings. The van der Waals surface area contributed by atoms with Crippen LogP contribution >= 0.6 is 0 Å². The number of hydrogen-bond donors (Lipinski definition) is 1. The molecule has 1 atom stereocenters. The molecule has 0 radical (unpaired) electrons. The Kier molecular flexibility index (Phi) is 4.29. The van der Waals surface area contributed by atoms with Gasteiger partial charge >= 0.3 is 0 Å². The predicted molar refractivity (Wildman–Crippen MR) is 82.7 cm³/mol. The highest BCUT2D eigenvalue weighted by Crippen LogP contribution is 2.21. The lowest BCUT2D eigenvalue weighted by Crippen LogP contribution is -2.07. The summed E-state index contributed by atoms with van der Waals surface area (Å²) in [6.07, 6.45) is 1.19. The average Bonchev–Trinajstić information content (AvgIpc) is 2.46. The molecule has 5 heteroatoms. The normalized spacial score (nSPS) is 12.4. The second-order valence-electron chi connectivity index (χ2n) is 4.90. The van der Waals surface area contributed by atoms with Gasteiger partial charge in [0.25, 0.3) is 0 Å². The fraction of sp³-hybridized carbons (Fsp3) is 0.188. The summed E-state index contributed by atoms with van der Waals surface area (Å²) in [5.74, 6) is 0. The van der Waals surface area contributed by atoms with Crippen LogP contribution < -0.4 is 5.32 Å². The summed E-state index contributed by atoms with van der Waals surface area (Å²) in [6.45, 7) is 1.98. The summed E-state index contributed by atoms with van der Waals surface area (Å²) in [4.78, 5) is 0.310. The van der Waals surface area contributed by atoms with Crippen LogP contribution in [-0.4, -0.2) is 14.7 Å². The highest BCUT2D eigenvalue weighted by atomic mass is 32.2. The van der Waals surface area contributed by atoms with Crippen molar-refractivity contribution in [3.05, 3.63) is 59.7 Å². The molecule has 0 amide bonds. The van der Waals surface area contributed by atoms with Gasteiger partial charge in [-0.3, -0.25) is 0 Å². The van der Waals surface area contributed by atoms with Crippen LogP contribution in [0.25, 0.3) is 0 Å². The molecule has 1 unspecified atom stereocenters. The van der Waals surface area contributed by atoms with Crippen molar-refractivity contribution in [3.8, 4) is 6.07 Å². The first-order valence-corrected chi connectivity index (χ1v) is 8.36. The molecule has 21 heavy (non-hydrogen) atoms. The first-order chi connectivity index (χ1) is 9.90. The van der Waals surface area contributed by atoms with Gasteiger partial charge < -0.3 is 5.32 Å². The lowest BCUT2D eigenvalue weighted by Gasteiger charge is -2.16. The van der Waals surface area contributed by atoms with Gasteiger partial charge in [0.1, 0.15) is 0 Å². The summed E-state index contributed by atoms with van der Waals surface area (Å²) in [5.41, 5.74) is 2.43. The van der Waals surface area contributed by atoms with Gasteiger partial charge in [-0.25, -0.2) is 8.42 Å². The third kappa shape index (κ3) is 3.83. The van der Waals surface area contributed by atoms with E-state index in [2.05, 4.69) is 11.4 Å². The summed E-state index contributed by atoms with van der Waals surface area (Å²) in [7, 11) is -3.17. The Labute approximate surface area is 125 Å². The topological polar surface area (TPSA) is 70.0 Å². The van der Waals surface area contributed by atoms with Crippen molar-refractivity contribution in [1.82, 2.24) is 0 Å². The van der Waals surface area contributed by atoms with E-state index in [0.29, 0.717) is 10.5 Å². The van der Waals surface area contributed by atoms with Gasteiger partial charge in [-0.15, -0.1) is 0 Å². The molecule has 108 valence electrons. The summed E-state index contributed by atoms with van der Waals surface area (Å²) in [5, 5.41) is 12.2. The molecule has 1 N–H and O–H groups in total. The Morgan fingerprint density at radius 3 is 2.38 bits per heavy atom. The third-order valence-corrected chi connectivity index (χ3v) is 4.31. The van der Waals surface area contributed by atoms with Crippen LogP contribution in [-0.2, 0) is 9.84 Å². The minimum absolute atomic E-state index is 0.00699. The Morgan fingerprint density at radius 1 is 1.14 bits per heavy atom. The highest BCUT2D eigenvalue weighted by molar-refractivity contribution is 7.90. The van der Waals surface area contributed by atoms with Gasteiger partial charge in [0.2, 0.25) is 0 Å². The third-order valence-electron chi connectivity index (χ3n) is 3.18. The standard InChI is InChI=1S/C16H16N2O2S/c1-12(18-15-5-3-4-13(10-15)11-17)14-6-8-16(9-7-14)21(2,19)20/h3-10,12,18H,1-2H3. The number of anilines is 1. The molecule has 0 bridgehead atoms. The largest absolute Gasteiger partial charge is 0.378 e. The van der Waals surface area contributed by atoms with Crippen molar-refractivity contribution in [2.24, 2.45) is 0 Å². The number of sulfone groups is 1. The molecule has 0 saturated carbocycles. The maximum absolute atomic E-state index is 11.4. The summed E-state index contributed by atoms with van der Waals surface area (Å²) in [6, 6.07) is 16.1. The molecule has 0 spiro atoms. The van der Waals surface area contributed by atoms with Gasteiger partial charge in [0.05, 0.1) is 16.5 Å². The Bertz CT molecular complexity index is 775. The number of nitriles is 1. The lowest BCUT2D eigenvalue weighted by atomic mass is 10.1. The quantitative estimate of drug-likeness (QED) is 0.941. The van der Waals surface area contributed by atoms with Crippen LogP contribution in [0, 0.1) is 11.3 Å². The number of nitrogens with zero attached hydrogens (tertiary/aromatic N) is 1. The highest BCUT2D eigenvalue weighted by Gasteiger charge is 2.09. The minimum Gasteiger partial charge on any atom is -0.378 e. The van der Waals surface area contributed by atoms with E-state index in [1.54, 1.807) is 36.4 Å². The first-order valence-electron chi connectivity index (χ1n) is 6.47. The summed E-state index contributed by atoms with van der Waals surface area (Å²) >= 11 is 0. The average molecular weight is 300 g/mol. The van der Waals surface area contributed by atoms with E-state index in [4.69, 9.17) is 5.26 Å². The van der Waals surface area contributed by atoms with Gasteiger partial charge in [0.15, 0.2) is 9.84 Å². The van der Waals surface area contributed by atoms with Crippen LogP contribution in [0.1, 0.15) is 24.1 Å². The second-order valence-corrected chi connectivity index (χ2v) is 6.92. The van der Waals surface area contributed by atoms with Crippen molar-refractivity contribution in [1.29, 1.82) is 5.26 Å². The van der Waals surface area contributed by atoms with Crippen molar-refractivity contribution in [2.75, 3.05) is 11.6 Å². The van der Waals surface area contributed by atoms with Gasteiger partial charge in [-0.05, 0) is 42.8 Å².